The Morgan fingerprint density at radius 2 is 1.56 bits per heavy atom. The number of rotatable bonds is 27. The van der Waals surface area contributed by atoms with Crippen LogP contribution in [0.15, 0.2) is 43.0 Å². The molecule has 0 aliphatic carbocycles. The average Bonchev–Trinajstić information content (AvgIpc) is 3.78. The maximum atomic E-state index is 13.0. The number of carbonyl (C=O) groups is 1. The Morgan fingerprint density at radius 1 is 0.927 bits per heavy atom. The highest BCUT2D eigenvalue weighted by molar-refractivity contribution is 7.44. The number of imidazole rings is 1. The van der Waals surface area contributed by atoms with Crippen LogP contribution in [0, 0.1) is 6.57 Å². The number of unbranched alkanes of at least 4 members (excludes halogenated alkanes) is 13. The van der Waals surface area contributed by atoms with Gasteiger partial charge in [-0.2, -0.15) is 0 Å². The normalized spacial score (nSPS) is 19.4. The zero-order chi connectivity index (χ0) is 40.1. The maximum absolute atomic E-state index is 13.0. The fraction of sp³-hybridized carbons (Fsp3) is 0.690. The Balaban J connectivity index is 1.46. The van der Waals surface area contributed by atoms with Crippen molar-refractivity contribution in [1.29, 1.82) is 0 Å². The van der Waals surface area contributed by atoms with E-state index in [9.17, 15) is 4.79 Å². The lowest BCUT2D eigenvalue weighted by molar-refractivity contribution is -0.0654. The van der Waals surface area contributed by atoms with E-state index in [1.54, 1.807) is 35.2 Å². The molecule has 55 heavy (non-hydrogen) atoms. The largest absolute Gasteiger partial charge is 0.371 e. The number of hydrogen-bond acceptors (Lipinski definition) is 9. The Labute approximate surface area is 332 Å². The van der Waals surface area contributed by atoms with E-state index < -0.39 is 33.1 Å². The summed E-state index contributed by atoms with van der Waals surface area (Å²) in [6.45, 7) is 18.9. The smallest absolute Gasteiger partial charge is 0.259 e. The van der Waals surface area contributed by atoms with Crippen LogP contribution >= 0.6 is 8.53 Å². The van der Waals surface area contributed by atoms with Crippen LogP contribution in [0.2, 0.25) is 0 Å². The van der Waals surface area contributed by atoms with Gasteiger partial charge in [-0.15, -0.1) is 0 Å². The standard InChI is InChI=1S/C42H66N7O5P/c1-8-9-10-11-12-13-14-15-16-17-18-19-20-24-28-51-38-37(54-55(52-29-27-43-7)49(32(2)3)33(4)5)34(6)53-42(38)48-31-46-36-39(44-30-45-40(36)48)47-41(50)35-25-22-21-23-26-35/h21-23,25-26,30-34,37-38,42H,8-20,24,27-29H2,1-6H3,(H,44,45,47,50)/t34-,37-,38-,42?,55?/m1/s1/i6D. The third-order valence-electron chi connectivity index (χ3n) is 9.86. The van der Waals surface area contributed by atoms with Crippen LogP contribution in [0.25, 0.3) is 16.0 Å². The van der Waals surface area contributed by atoms with Gasteiger partial charge in [0.2, 0.25) is 6.54 Å². The molecule has 5 atom stereocenters. The minimum atomic E-state index is -1.62. The van der Waals surface area contributed by atoms with E-state index in [1.807, 2.05) is 6.07 Å². The second-order valence-electron chi connectivity index (χ2n) is 15.0. The van der Waals surface area contributed by atoms with Crippen molar-refractivity contribution in [2.24, 2.45) is 0 Å². The lowest BCUT2D eigenvalue weighted by atomic mass is 10.0. The van der Waals surface area contributed by atoms with Crippen molar-refractivity contribution < 1.29 is 24.7 Å². The summed E-state index contributed by atoms with van der Waals surface area (Å²) in [6.07, 6.45) is 18.2. The van der Waals surface area contributed by atoms with Gasteiger partial charge in [-0.1, -0.05) is 109 Å². The predicted octanol–water partition coefficient (Wildman–Crippen LogP) is 10.5. The first-order chi connectivity index (χ1) is 27.3. The molecule has 1 saturated heterocycles. The molecule has 1 aliphatic rings. The summed E-state index contributed by atoms with van der Waals surface area (Å²) in [4.78, 5) is 30.1. The molecule has 1 aliphatic heterocycles. The molecular weight excluding hydrogens is 713 g/mol. The second-order valence-corrected chi connectivity index (χ2v) is 16.4. The van der Waals surface area contributed by atoms with E-state index in [4.69, 9.17) is 26.5 Å². The number of nitrogens with one attached hydrogen (secondary N) is 1. The Morgan fingerprint density at radius 3 is 2.16 bits per heavy atom. The number of amides is 1. The van der Waals surface area contributed by atoms with Gasteiger partial charge in [-0.05, 0) is 53.1 Å². The molecule has 1 N–H and O–H groups in total. The van der Waals surface area contributed by atoms with Crippen LogP contribution in [-0.2, 0) is 18.5 Å². The second kappa shape index (κ2) is 24.6. The molecule has 2 unspecified atom stereocenters. The van der Waals surface area contributed by atoms with Gasteiger partial charge in [-0.3, -0.25) is 9.36 Å². The first-order valence-corrected chi connectivity index (χ1v) is 21.7. The number of fused-ring (bicyclic) bond motifs is 1. The molecular formula is C42H66N7O5P. The Hall–Kier alpha value is -3.04. The first kappa shape index (κ1) is 43.1. The van der Waals surface area contributed by atoms with Gasteiger partial charge in [0.25, 0.3) is 14.4 Å². The summed E-state index contributed by atoms with van der Waals surface area (Å²) in [5.41, 5.74) is 1.37. The van der Waals surface area contributed by atoms with Crippen LogP contribution < -0.4 is 5.32 Å². The topological polar surface area (TPSA) is 117 Å². The van der Waals surface area contributed by atoms with Crippen LogP contribution in [0.5, 0.6) is 0 Å². The molecule has 3 aromatic rings. The van der Waals surface area contributed by atoms with Crippen LogP contribution in [0.4, 0.5) is 5.82 Å². The lowest BCUT2D eigenvalue weighted by Gasteiger charge is -2.37. The fourth-order valence-corrected chi connectivity index (χ4v) is 8.80. The lowest BCUT2D eigenvalue weighted by Crippen LogP contribution is -2.39. The highest BCUT2D eigenvalue weighted by Crippen LogP contribution is 2.50. The molecule has 0 bridgehead atoms. The van der Waals surface area contributed by atoms with Gasteiger partial charge in [0.1, 0.15) is 25.1 Å². The molecule has 13 heteroatoms. The third kappa shape index (κ3) is 13.8. The van der Waals surface area contributed by atoms with E-state index in [0.29, 0.717) is 23.3 Å². The van der Waals surface area contributed by atoms with E-state index in [2.05, 4.69) is 64.4 Å². The SMILES string of the molecule is [2H]C[C@H]1OC(n2cnc3c(NC(=O)c4ccccc4)ncnc32)[C@H](OCCCCCCCCCCCCCCCC)[C@@H]1OP(OCC[N+]#[C-])N(C(C)C)C(C)C. The van der Waals surface area contributed by atoms with Gasteiger partial charge in [-0.25, -0.2) is 26.2 Å². The summed E-state index contributed by atoms with van der Waals surface area (Å²) in [6, 6.07) is 9.15. The molecule has 0 spiro atoms. The number of benzene rings is 1. The molecule has 3 heterocycles. The number of anilines is 1. The zero-order valence-corrected chi connectivity index (χ0v) is 34.8. The minimum Gasteiger partial charge on any atom is -0.371 e. The predicted molar refractivity (Wildman–Crippen MR) is 221 cm³/mol. The van der Waals surface area contributed by atoms with Crippen molar-refractivity contribution in [2.75, 3.05) is 25.1 Å². The number of carbonyl (C=O) groups excluding carboxylic acids is 1. The van der Waals surface area contributed by atoms with E-state index in [1.165, 1.54) is 83.4 Å². The van der Waals surface area contributed by atoms with Crippen molar-refractivity contribution in [3.05, 3.63) is 60.0 Å². The molecule has 2 aromatic heterocycles. The maximum Gasteiger partial charge on any atom is 0.259 e. The number of ether oxygens (including phenoxy) is 2. The van der Waals surface area contributed by atoms with Crippen LogP contribution in [-0.4, -0.2) is 80.3 Å². The molecule has 12 nitrogen and oxygen atoms in total. The summed E-state index contributed by atoms with van der Waals surface area (Å²) >= 11 is 0. The van der Waals surface area contributed by atoms with Gasteiger partial charge >= 0.3 is 0 Å². The Kier molecular flexibility index (Phi) is 19.2. The van der Waals surface area contributed by atoms with E-state index in [-0.39, 0.29) is 43.9 Å². The summed E-state index contributed by atoms with van der Waals surface area (Å²) in [5.74, 6) is -0.0210. The number of aromatic nitrogens is 4. The molecule has 1 aromatic carbocycles. The third-order valence-corrected chi connectivity index (χ3v) is 12.0. The van der Waals surface area contributed by atoms with E-state index >= 15 is 0 Å². The van der Waals surface area contributed by atoms with Gasteiger partial charge in [0.15, 0.2) is 23.2 Å². The van der Waals surface area contributed by atoms with Crippen molar-refractivity contribution >= 4 is 31.4 Å². The summed E-state index contributed by atoms with van der Waals surface area (Å²) < 4.78 is 39.0. The van der Waals surface area contributed by atoms with Crippen LogP contribution in [0.1, 0.15) is 149 Å². The van der Waals surface area contributed by atoms with Crippen molar-refractivity contribution in [2.45, 2.75) is 168 Å². The van der Waals surface area contributed by atoms with Crippen molar-refractivity contribution in [3.8, 4) is 0 Å². The monoisotopic (exact) mass is 780 g/mol. The molecule has 0 saturated carbocycles. The average molecular weight is 781 g/mol. The summed E-state index contributed by atoms with van der Waals surface area (Å²) in [5, 5.41) is 2.88. The van der Waals surface area contributed by atoms with Gasteiger partial charge in [0, 0.05) is 25.6 Å². The van der Waals surface area contributed by atoms with Gasteiger partial charge in [0.05, 0.1) is 12.4 Å². The highest BCUT2D eigenvalue weighted by Gasteiger charge is 2.48. The highest BCUT2D eigenvalue weighted by atomic mass is 31.2. The number of nitrogens with zero attached hydrogens (tertiary/aromatic N) is 6. The van der Waals surface area contributed by atoms with Gasteiger partial charge < -0.3 is 28.7 Å². The van der Waals surface area contributed by atoms with Crippen LogP contribution in [0.3, 0.4) is 0 Å². The fourth-order valence-electron chi connectivity index (χ4n) is 7.05. The van der Waals surface area contributed by atoms with E-state index in [0.717, 1.165) is 12.8 Å². The summed E-state index contributed by atoms with van der Waals surface area (Å²) in [7, 11) is -1.62. The molecule has 4 rings (SSSR count). The van der Waals surface area contributed by atoms with Crippen molar-refractivity contribution in [3.63, 3.8) is 0 Å². The molecule has 304 valence electrons. The zero-order valence-electron chi connectivity index (χ0n) is 34.9. The quantitative estimate of drug-likeness (QED) is 0.0458. The molecule has 0 radical (unpaired) electrons. The first-order valence-electron chi connectivity index (χ1n) is 21.3. The Bertz CT molecular complexity index is 1580. The number of hydrogen-bond donors (Lipinski definition) is 1. The molecule has 1 fully saturated rings. The minimum absolute atomic E-state index is 0.0610. The van der Waals surface area contributed by atoms with Crippen molar-refractivity contribution in [1.82, 2.24) is 24.2 Å². The molecule has 1 amide bonds.